The molecule has 0 radical (unpaired) electrons. The first-order chi connectivity index (χ1) is 10.6. The fraction of sp³-hybridized carbons (Fsp3) is 0.467. The number of hydrogen-bond acceptors (Lipinski definition) is 4. The largest absolute Gasteiger partial charge is 0.450 e. The van der Waals surface area contributed by atoms with Crippen LogP contribution < -0.4 is 15.1 Å². The number of ether oxygens (including phenoxy) is 1. The Kier molecular flexibility index (Phi) is 6.03. The van der Waals surface area contributed by atoms with E-state index in [1.54, 1.807) is 6.92 Å². The van der Waals surface area contributed by atoms with Gasteiger partial charge in [-0.2, -0.15) is 0 Å². The molecule has 2 N–H and O–H groups in total. The molecule has 120 valence electrons. The maximum absolute atomic E-state index is 11.7. The van der Waals surface area contributed by atoms with E-state index in [1.165, 1.54) is 0 Å². The third kappa shape index (κ3) is 4.61. The van der Waals surface area contributed by atoms with E-state index in [4.69, 9.17) is 11.6 Å². The zero-order valence-electron chi connectivity index (χ0n) is 12.6. The van der Waals surface area contributed by atoms with Gasteiger partial charge in [-0.1, -0.05) is 23.7 Å². The van der Waals surface area contributed by atoms with E-state index in [9.17, 15) is 9.59 Å². The Morgan fingerprint density at radius 2 is 2.00 bits per heavy atom. The maximum atomic E-state index is 11.7. The van der Waals surface area contributed by atoms with E-state index in [2.05, 4.69) is 15.0 Å². The number of amides is 2. The number of nitrogens with zero attached hydrogens (tertiary/aromatic N) is 1. The highest BCUT2D eigenvalue weighted by Gasteiger charge is 2.24. The van der Waals surface area contributed by atoms with Crippen LogP contribution in [-0.2, 0) is 9.53 Å². The molecule has 0 spiro atoms. The van der Waals surface area contributed by atoms with E-state index in [1.807, 2.05) is 24.3 Å². The van der Waals surface area contributed by atoms with Gasteiger partial charge in [0.2, 0.25) is 0 Å². The Labute approximate surface area is 135 Å². The summed E-state index contributed by atoms with van der Waals surface area (Å²) < 4.78 is 4.69. The van der Waals surface area contributed by atoms with E-state index >= 15 is 0 Å². The average molecular weight is 327 g/mol. The maximum Gasteiger partial charge on any atom is 0.414 e. The van der Waals surface area contributed by atoms with Crippen LogP contribution in [0.5, 0.6) is 0 Å². The van der Waals surface area contributed by atoms with Gasteiger partial charge >= 0.3 is 6.09 Å². The van der Waals surface area contributed by atoms with Gasteiger partial charge < -0.3 is 14.5 Å². The molecule has 0 aromatic heterocycles. The standard InChI is InChI=1S/C15H20ClN3O3/c1-2-22-15(21)17-14(20)11-18-7-9-19(10-8-18)13-6-4-3-5-12(13)16/h3-6H,2,7-11H2,1H3,(H,17,20,21)/p+1. The van der Waals surface area contributed by atoms with Gasteiger partial charge in [-0.25, -0.2) is 4.79 Å². The number of hydrogen-bond donors (Lipinski definition) is 2. The highest BCUT2D eigenvalue weighted by molar-refractivity contribution is 6.33. The third-order valence-electron chi connectivity index (χ3n) is 3.59. The molecule has 0 aliphatic carbocycles. The number of nitrogens with one attached hydrogen (secondary N) is 2. The van der Waals surface area contributed by atoms with Crippen LogP contribution in [0, 0.1) is 0 Å². The second-order valence-corrected chi connectivity index (χ2v) is 5.54. The zero-order chi connectivity index (χ0) is 15.9. The third-order valence-corrected chi connectivity index (χ3v) is 3.91. The molecule has 1 saturated heterocycles. The van der Waals surface area contributed by atoms with E-state index in [0.717, 1.165) is 41.8 Å². The van der Waals surface area contributed by atoms with Crippen LogP contribution in [0.15, 0.2) is 24.3 Å². The van der Waals surface area contributed by atoms with Crippen molar-refractivity contribution in [2.75, 3.05) is 44.2 Å². The molecule has 0 unspecified atom stereocenters. The lowest BCUT2D eigenvalue weighted by Crippen LogP contribution is -3.16. The normalized spacial score (nSPS) is 15.5. The van der Waals surface area contributed by atoms with Crippen LogP contribution >= 0.6 is 11.6 Å². The Balaban J connectivity index is 1.79. The number of alkyl carbamates (subject to hydrolysis) is 1. The number of para-hydroxylation sites is 1. The number of carbonyl (C=O) groups excluding carboxylic acids is 2. The number of anilines is 1. The fourth-order valence-corrected chi connectivity index (χ4v) is 2.76. The number of quaternary nitrogens is 1. The van der Waals surface area contributed by atoms with Crippen molar-refractivity contribution >= 4 is 29.3 Å². The number of piperazine rings is 1. The summed E-state index contributed by atoms with van der Waals surface area (Å²) in [6.45, 7) is 5.52. The second-order valence-electron chi connectivity index (χ2n) is 5.13. The predicted octanol–water partition coefficient (Wildman–Crippen LogP) is 0.318. The first kappa shape index (κ1) is 16.6. The Bertz CT molecular complexity index is 531. The van der Waals surface area contributed by atoms with Crippen LogP contribution in [0.25, 0.3) is 0 Å². The van der Waals surface area contributed by atoms with E-state index < -0.39 is 6.09 Å². The second kappa shape index (κ2) is 8.00. The minimum Gasteiger partial charge on any atom is -0.450 e. The molecule has 22 heavy (non-hydrogen) atoms. The van der Waals surface area contributed by atoms with Gasteiger partial charge in [0.1, 0.15) is 0 Å². The summed E-state index contributed by atoms with van der Waals surface area (Å²) >= 11 is 6.20. The van der Waals surface area contributed by atoms with Gasteiger partial charge in [0.05, 0.1) is 43.5 Å². The van der Waals surface area contributed by atoms with Gasteiger partial charge in [0.15, 0.2) is 6.54 Å². The number of imide groups is 1. The Morgan fingerprint density at radius 3 is 2.64 bits per heavy atom. The lowest BCUT2D eigenvalue weighted by atomic mass is 10.2. The van der Waals surface area contributed by atoms with Crippen molar-refractivity contribution in [2.24, 2.45) is 0 Å². The number of rotatable bonds is 4. The van der Waals surface area contributed by atoms with Crippen molar-refractivity contribution in [3.05, 3.63) is 29.3 Å². The lowest BCUT2D eigenvalue weighted by Gasteiger charge is -2.33. The lowest BCUT2D eigenvalue weighted by molar-refractivity contribution is -0.892. The van der Waals surface area contributed by atoms with Crippen LogP contribution in [0.4, 0.5) is 10.5 Å². The minimum atomic E-state index is -0.679. The first-order valence-electron chi connectivity index (χ1n) is 7.39. The van der Waals surface area contributed by atoms with Crippen LogP contribution in [-0.4, -0.2) is 51.3 Å². The molecule has 1 aromatic carbocycles. The summed E-state index contributed by atoms with van der Waals surface area (Å²) in [6, 6.07) is 7.75. The molecule has 1 fully saturated rings. The quantitative estimate of drug-likeness (QED) is 0.836. The number of benzene rings is 1. The van der Waals surface area contributed by atoms with Crippen molar-refractivity contribution in [3.8, 4) is 0 Å². The summed E-state index contributed by atoms with van der Waals surface area (Å²) in [6.07, 6.45) is -0.679. The molecule has 2 rings (SSSR count). The summed E-state index contributed by atoms with van der Waals surface area (Å²) in [5.41, 5.74) is 1.03. The summed E-state index contributed by atoms with van der Waals surface area (Å²) in [5.74, 6) is -0.306. The molecule has 7 heteroatoms. The molecule has 1 heterocycles. The SMILES string of the molecule is CCOC(=O)NC(=O)C[NH+]1CCN(c2ccccc2Cl)CC1. The zero-order valence-corrected chi connectivity index (χ0v) is 13.4. The fourth-order valence-electron chi connectivity index (χ4n) is 2.50. The molecule has 6 nitrogen and oxygen atoms in total. The smallest absolute Gasteiger partial charge is 0.414 e. The Morgan fingerprint density at radius 1 is 1.32 bits per heavy atom. The Hall–Kier alpha value is -1.79. The van der Waals surface area contributed by atoms with Crippen molar-refractivity contribution in [1.82, 2.24) is 5.32 Å². The van der Waals surface area contributed by atoms with E-state index in [-0.39, 0.29) is 19.1 Å². The summed E-state index contributed by atoms with van der Waals surface area (Å²) in [5, 5.41) is 2.97. The molecule has 0 saturated carbocycles. The van der Waals surface area contributed by atoms with Gasteiger partial charge in [-0.05, 0) is 19.1 Å². The molecule has 1 aliphatic heterocycles. The summed E-state index contributed by atoms with van der Waals surface area (Å²) in [4.78, 5) is 26.3. The number of carbonyl (C=O) groups is 2. The van der Waals surface area contributed by atoms with Gasteiger partial charge in [0.25, 0.3) is 5.91 Å². The van der Waals surface area contributed by atoms with Crippen molar-refractivity contribution < 1.29 is 19.2 Å². The van der Waals surface area contributed by atoms with Crippen LogP contribution in [0.3, 0.4) is 0 Å². The molecule has 0 bridgehead atoms. The molecule has 0 atom stereocenters. The minimum absolute atomic E-state index is 0.252. The number of halogens is 1. The van der Waals surface area contributed by atoms with Gasteiger partial charge in [0, 0.05) is 0 Å². The highest BCUT2D eigenvalue weighted by atomic mass is 35.5. The monoisotopic (exact) mass is 326 g/mol. The molecule has 2 amide bonds. The first-order valence-corrected chi connectivity index (χ1v) is 7.77. The molecule has 1 aliphatic rings. The van der Waals surface area contributed by atoms with Crippen molar-refractivity contribution in [1.29, 1.82) is 0 Å². The van der Waals surface area contributed by atoms with Crippen LogP contribution in [0.1, 0.15) is 6.92 Å². The molecular formula is C15H21ClN3O3+. The molecule has 1 aromatic rings. The summed E-state index contributed by atoms with van der Waals surface area (Å²) in [7, 11) is 0. The van der Waals surface area contributed by atoms with Gasteiger partial charge in [-0.3, -0.25) is 10.1 Å². The predicted molar refractivity (Wildman–Crippen MR) is 84.4 cm³/mol. The topological polar surface area (TPSA) is 63.1 Å². The highest BCUT2D eigenvalue weighted by Crippen LogP contribution is 2.24. The van der Waals surface area contributed by atoms with Crippen LogP contribution in [0.2, 0.25) is 5.02 Å². The van der Waals surface area contributed by atoms with Crippen molar-refractivity contribution in [2.45, 2.75) is 6.92 Å². The average Bonchev–Trinajstić information content (AvgIpc) is 2.49. The van der Waals surface area contributed by atoms with Crippen molar-refractivity contribution in [3.63, 3.8) is 0 Å². The molecular weight excluding hydrogens is 306 g/mol. The van der Waals surface area contributed by atoms with E-state index in [0.29, 0.717) is 0 Å². The van der Waals surface area contributed by atoms with Gasteiger partial charge in [-0.15, -0.1) is 0 Å².